The number of aryl methyl sites for hydroxylation is 1. The van der Waals surface area contributed by atoms with Crippen LogP contribution in [0.3, 0.4) is 0 Å². The Morgan fingerprint density at radius 1 is 1.17 bits per heavy atom. The molecule has 156 valence electrons. The minimum atomic E-state index is -0.608. The zero-order valence-corrected chi connectivity index (χ0v) is 18.2. The van der Waals surface area contributed by atoms with Gasteiger partial charge in [0.25, 0.3) is 0 Å². The van der Waals surface area contributed by atoms with E-state index in [4.69, 9.17) is 4.74 Å². The van der Waals surface area contributed by atoms with Gasteiger partial charge >= 0.3 is 0 Å². The number of ether oxygens (including phenoxy) is 1. The lowest BCUT2D eigenvalue weighted by atomic mass is 9.85. The fourth-order valence-corrected chi connectivity index (χ4v) is 4.36. The number of aromatic hydroxyl groups is 1. The molecule has 2 heterocycles. The number of aromatic nitrogens is 1. The second-order valence-corrected chi connectivity index (χ2v) is 8.65. The number of hydrogen-bond acceptors (Lipinski definition) is 4. The number of nitrogens with zero attached hydrogens (tertiary/aromatic N) is 1. The average Bonchev–Trinajstić information content (AvgIpc) is 2.70. The Balaban J connectivity index is 1.54. The van der Waals surface area contributed by atoms with Crippen molar-refractivity contribution in [3.05, 3.63) is 58.1 Å². The number of amides is 1. The summed E-state index contributed by atoms with van der Waals surface area (Å²) in [4.78, 5) is 17.4. The van der Waals surface area contributed by atoms with Crippen molar-refractivity contribution in [2.75, 3.05) is 5.32 Å². The lowest BCUT2D eigenvalue weighted by Crippen LogP contribution is -2.40. The smallest absolute Gasteiger partial charge is 0.229 e. The second kappa shape index (κ2) is 7.31. The molecular formula is C25H28N2O3. The largest absolute Gasteiger partial charge is 0.507 e. The van der Waals surface area contributed by atoms with Gasteiger partial charge in [0.1, 0.15) is 22.9 Å². The van der Waals surface area contributed by atoms with E-state index in [9.17, 15) is 9.90 Å². The number of hydrogen-bond donors (Lipinski definition) is 2. The molecule has 3 aromatic rings. The molecule has 0 radical (unpaired) electrons. The third-order valence-electron chi connectivity index (χ3n) is 6.32. The Morgan fingerprint density at radius 2 is 1.90 bits per heavy atom. The van der Waals surface area contributed by atoms with E-state index < -0.39 is 5.60 Å². The zero-order chi connectivity index (χ0) is 21.6. The number of phenolic OH excluding ortho intramolecular Hbond substituents is 1. The fourth-order valence-electron chi connectivity index (χ4n) is 4.36. The van der Waals surface area contributed by atoms with E-state index in [-0.39, 0.29) is 12.3 Å². The first-order valence-electron chi connectivity index (χ1n) is 10.4. The summed E-state index contributed by atoms with van der Waals surface area (Å²) in [6, 6.07) is 9.81. The molecule has 1 amide bonds. The Bertz CT molecular complexity index is 1170. The number of carbonyl (C=O) groups is 1. The van der Waals surface area contributed by atoms with Crippen molar-refractivity contribution < 1.29 is 14.6 Å². The molecule has 0 saturated carbocycles. The topological polar surface area (TPSA) is 71.5 Å². The maximum absolute atomic E-state index is 12.8. The van der Waals surface area contributed by atoms with Gasteiger partial charge in [0.2, 0.25) is 5.91 Å². The van der Waals surface area contributed by atoms with Crippen LogP contribution in [-0.4, -0.2) is 21.6 Å². The second-order valence-electron chi connectivity index (χ2n) is 8.65. The van der Waals surface area contributed by atoms with Crippen LogP contribution in [0.25, 0.3) is 10.9 Å². The maximum Gasteiger partial charge on any atom is 0.229 e. The van der Waals surface area contributed by atoms with Gasteiger partial charge in [-0.1, -0.05) is 18.2 Å². The molecular weight excluding hydrogens is 376 g/mol. The molecule has 0 aliphatic carbocycles. The number of rotatable bonds is 3. The van der Waals surface area contributed by atoms with E-state index in [0.717, 1.165) is 50.9 Å². The van der Waals surface area contributed by atoms with E-state index >= 15 is 0 Å². The van der Waals surface area contributed by atoms with Crippen molar-refractivity contribution in [1.29, 1.82) is 0 Å². The highest BCUT2D eigenvalue weighted by molar-refractivity contribution is 5.93. The number of pyridine rings is 1. The lowest BCUT2D eigenvalue weighted by molar-refractivity contribution is -0.120. The minimum Gasteiger partial charge on any atom is -0.507 e. The molecule has 1 aliphatic rings. The summed E-state index contributed by atoms with van der Waals surface area (Å²) >= 11 is 0. The first kappa shape index (κ1) is 20.2. The third kappa shape index (κ3) is 3.49. The van der Waals surface area contributed by atoms with Crippen LogP contribution in [0, 0.1) is 27.7 Å². The molecule has 1 aliphatic heterocycles. The van der Waals surface area contributed by atoms with Crippen molar-refractivity contribution in [3.8, 4) is 11.5 Å². The van der Waals surface area contributed by atoms with Crippen LogP contribution in [0.4, 0.5) is 5.82 Å². The Labute approximate surface area is 177 Å². The number of anilines is 1. The highest BCUT2D eigenvalue weighted by Crippen LogP contribution is 2.44. The predicted molar refractivity (Wildman–Crippen MR) is 119 cm³/mol. The van der Waals surface area contributed by atoms with Gasteiger partial charge in [-0.25, -0.2) is 4.98 Å². The van der Waals surface area contributed by atoms with Gasteiger partial charge in [-0.05, 0) is 81.8 Å². The number of benzene rings is 2. The predicted octanol–water partition coefficient (Wildman–Crippen LogP) is 5.29. The number of phenols is 1. The Morgan fingerprint density at radius 3 is 2.67 bits per heavy atom. The summed E-state index contributed by atoms with van der Waals surface area (Å²) in [5.74, 6) is 1.59. The molecule has 2 N–H and O–H groups in total. The fraction of sp³-hybridized carbons (Fsp3) is 0.360. The molecule has 5 nitrogen and oxygen atoms in total. The van der Waals surface area contributed by atoms with Crippen LogP contribution in [0.2, 0.25) is 0 Å². The Kier molecular flexibility index (Phi) is 4.92. The van der Waals surface area contributed by atoms with E-state index in [0.29, 0.717) is 18.0 Å². The molecule has 4 rings (SSSR count). The van der Waals surface area contributed by atoms with E-state index in [1.54, 1.807) is 0 Å². The monoisotopic (exact) mass is 404 g/mol. The van der Waals surface area contributed by atoms with E-state index in [1.165, 1.54) is 0 Å². The molecule has 1 atom stereocenters. The number of nitrogens with one attached hydrogen (secondary N) is 1. The molecule has 0 saturated heterocycles. The first-order valence-corrected chi connectivity index (χ1v) is 10.4. The molecule has 1 aromatic heterocycles. The van der Waals surface area contributed by atoms with Gasteiger partial charge in [-0.15, -0.1) is 0 Å². The molecule has 30 heavy (non-hydrogen) atoms. The summed E-state index contributed by atoms with van der Waals surface area (Å²) in [5, 5.41) is 14.4. The quantitative estimate of drug-likeness (QED) is 0.622. The van der Waals surface area contributed by atoms with Gasteiger partial charge in [0.15, 0.2) is 0 Å². The standard InChI is InChI=1S/C25H28N2O3/c1-14-12-21(26-20-9-7-6-8-18(14)20)27-22(28)13-25(5)11-10-19-17(4)23(29)15(2)16(3)24(19)30-25/h6-9,12,29H,10-11,13H2,1-5H3,(H,26,27,28). The van der Waals surface area contributed by atoms with Crippen molar-refractivity contribution in [1.82, 2.24) is 4.98 Å². The van der Waals surface area contributed by atoms with Crippen LogP contribution < -0.4 is 10.1 Å². The van der Waals surface area contributed by atoms with E-state index in [2.05, 4.69) is 10.3 Å². The number of para-hydroxylation sites is 1. The van der Waals surface area contributed by atoms with Gasteiger partial charge in [-0.2, -0.15) is 0 Å². The molecule has 0 bridgehead atoms. The summed E-state index contributed by atoms with van der Waals surface area (Å²) < 4.78 is 6.38. The van der Waals surface area contributed by atoms with Gasteiger partial charge in [-0.3, -0.25) is 4.79 Å². The van der Waals surface area contributed by atoms with Crippen molar-refractivity contribution >= 4 is 22.6 Å². The molecule has 0 fully saturated rings. The summed E-state index contributed by atoms with van der Waals surface area (Å²) in [6.07, 6.45) is 1.71. The summed E-state index contributed by atoms with van der Waals surface area (Å²) in [6.45, 7) is 9.78. The lowest BCUT2D eigenvalue weighted by Gasteiger charge is -2.37. The highest BCUT2D eigenvalue weighted by Gasteiger charge is 2.36. The molecule has 0 spiro atoms. The first-order chi connectivity index (χ1) is 14.2. The van der Waals surface area contributed by atoms with Gasteiger partial charge in [0.05, 0.1) is 11.9 Å². The third-order valence-corrected chi connectivity index (χ3v) is 6.32. The van der Waals surface area contributed by atoms with Crippen molar-refractivity contribution in [3.63, 3.8) is 0 Å². The molecule has 5 heteroatoms. The SMILES string of the molecule is Cc1c(C)c2c(c(C)c1O)CCC(C)(CC(=O)Nc1cc(C)c3ccccc3n1)O2. The van der Waals surface area contributed by atoms with Crippen molar-refractivity contribution in [2.45, 2.75) is 59.5 Å². The van der Waals surface area contributed by atoms with Crippen LogP contribution >= 0.6 is 0 Å². The number of carbonyl (C=O) groups excluding carboxylic acids is 1. The molecule has 1 unspecified atom stereocenters. The Hall–Kier alpha value is -3.08. The van der Waals surface area contributed by atoms with Crippen LogP contribution in [0.15, 0.2) is 30.3 Å². The normalized spacial score (nSPS) is 18.0. The van der Waals surface area contributed by atoms with Gasteiger partial charge < -0.3 is 15.2 Å². The highest BCUT2D eigenvalue weighted by atomic mass is 16.5. The van der Waals surface area contributed by atoms with E-state index in [1.807, 2.05) is 65.0 Å². The molecule has 2 aromatic carbocycles. The zero-order valence-electron chi connectivity index (χ0n) is 18.2. The average molecular weight is 405 g/mol. The maximum atomic E-state index is 12.8. The van der Waals surface area contributed by atoms with Crippen LogP contribution in [0.1, 0.15) is 47.6 Å². The summed E-state index contributed by atoms with van der Waals surface area (Å²) in [7, 11) is 0. The summed E-state index contributed by atoms with van der Waals surface area (Å²) in [5.41, 5.74) is 5.01. The van der Waals surface area contributed by atoms with Crippen molar-refractivity contribution in [2.24, 2.45) is 0 Å². The van der Waals surface area contributed by atoms with Gasteiger partial charge in [0, 0.05) is 10.9 Å². The number of fused-ring (bicyclic) bond motifs is 2. The minimum absolute atomic E-state index is 0.118. The van der Waals surface area contributed by atoms with Crippen LogP contribution in [-0.2, 0) is 11.2 Å². The van der Waals surface area contributed by atoms with Crippen LogP contribution in [0.5, 0.6) is 11.5 Å².